The van der Waals surface area contributed by atoms with Crippen LogP contribution < -0.4 is 18.9 Å². The Labute approximate surface area is 347 Å². The number of hydrogen-bond donors (Lipinski definition) is 2. The van der Waals surface area contributed by atoms with Gasteiger partial charge < -0.3 is 43.5 Å². The number of aryl methyl sites for hydroxylation is 2. The summed E-state index contributed by atoms with van der Waals surface area (Å²) in [4.78, 5) is 21.8. The molecule has 1 amide bonds. The summed E-state index contributed by atoms with van der Waals surface area (Å²) in [6.07, 6.45) is 8.36. The maximum Gasteiger partial charge on any atom is 0.410 e. The zero-order chi connectivity index (χ0) is 41.5. The maximum absolute atomic E-state index is 14.2. The number of nitrogens with zero attached hydrogens (tertiary/aromatic N) is 2. The average molecular weight is 811 g/mol. The number of carbonyl (C=O) groups is 1. The Bertz CT molecular complexity index is 2030. The summed E-state index contributed by atoms with van der Waals surface area (Å²) in [6, 6.07) is 16.9. The van der Waals surface area contributed by atoms with Crippen LogP contribution in [0.25, 0.3) is 0 Å². The number of amides is 1. The molecule has 1 saturated carbocycles. The minimum atomic E-state index is -1.44. The standard InChI is InChI=1S/C47H58N2O10/c1-6-22-56-47-43(49(46(52)53-5)28-32-15-18-41-42(24-32)55-29-54-41)27-39(48-57-7-2)37-25-33(12-8-10-20-50)36(13-9-11-21-51)44(45(37)47)38-26-35(17-19-40(38)59-47)58-34-16-14-30(3)31(4)23-34/h6,14-19,23-26,33,36,43-45,50-51H,1,7-13,20-22,27-29H2,2-5H3. The maximum atomic E-state index is 14.2. The van der Waals surface area contributed by atoms with Gasteiger partial charge in [-0.3, -0.25) is 4.90 Å². The molecule has 2 aliphatic carbocycles. The summed E-state index contributed by atoms with van der Waals surface area (Å²) in [5, 5.41) is 24.6. The number of rotatable bonds is 18. The van der Waals surface area contributed by atoms with E-state index in [0.717, 1.165) is 53.7 Å². The lowest BCUT2D eigenvalue weighted by Gasteiger charge is -2.59. The van der Waals surface area contributed by atoms with E-state index in [1.54, 1.807) is 11.0 Å². The van der Waals surface area contributed by atoms with Gasteiger partial charge >= 0.3 is 6.09 Å². The van der Waals surface area contributed by atoms with Crippen LogP contribution in [-0.2, 0) is 20.9 Å². The predicted octanol–water partition coefficient (Wildman–Crippen LogP) is 8.75. The van der Waals surface area contributed by atoms with Gasteiger partial charge in [-0.05, 0) is 123 Å². The van der Waals surface area contributed by atoms with Crippen molar-refractivity contribution in [1.82, 2.24) is 4.90 Å². The van der Waals surface area contributed by atoms with Crippen LogP contribution in [0.2, 0.25) is 0 Å². The van der Waals surface area contributed by atoms with Crippen LogP contribution in [0.5, 0.6) is 28.7 Å². The lowest BCUT2D eigenvalue weighted by Crippen LogP contribution is -2.70. The van der Waals surface area contributed by atoms with Crippen molar-refractivity contribution < 1.29 is 48.3 Å². The molecule has 0 radical (unpaired) electrons. The molecule has 6 atom stereocenters. The van der Waals surface area contributed by atoms with Crippen molar-refractivity contribution in [2.45, 2.75) is 90.0 Å². The molecule has 0 spiro atoms. The number of carbonyl (C=O) groups excluding carboxylic acids is 1. The molecule has 3 aromatic rings. The molecule has 12 nitrogen and oxygen atoms in total. The molecule has 2 N–H and O–H groups in total. The lowest BCUT2D eigenvalue weighted by atomic mass is 9.55. The molecule has 3 aromatic carbocycles. The lowest BCUT2D eigenvalue weighted by molar-refractivity contribution is -0.256. The van der Waals surface area contributed by atoms with Gasteiger partial charge in [0, 0.05) is 37.7 Å². The highest BCUT2D eigenvalue weighted by Gasteiger charge is 2.65. The number of fused-ring (bicyclic) bond motifs is 3. The van der Waals surface area contributed by atoms with E-state index in [0.29, 0.717) is 48.2 Å². The fraction of sp³-hybridized carbons (Fsp3) is 0.489. The number of oxime groups is 1. The van der Waals surface area contributed by atoms with Crippen molar-refractivity contribution in [3.8, 4) is 28.7 Å². The highest BCUT2D eigenvalue weighted by atomic mass is 16.7. The quantitative estimate of drug-likeness (QED) is 0.0729. The van der Waals surface area contributed by atoms with E-state index in [1.807, 2.05) is 49.4 Å². The third-order valence-electron chi connectivity index (χ3n) is 12.2. The first-order valence-electron chi connectivity index (χ1n) is 20.9. The van der Waals surface area contributed by atoms with Gasteiger partial charge in [0.05, 0.1) is 25.3 Å². The van der Waals surface area contributed by atoms with Crippen LogP contribution in [0.15, 0.2) is 84.1 Å². The fourth-order valence-corrected chi connectivity index (χ4v) is 9.42. The van der Waals surface area contributed by atoms with E-state index in [2.05, 4.69) is 38.6 Å². The summed E-state index contributed by atoms with van der Waals surface area (Å²) in [6.45, 7) is 11.0. The molecule has 2 heterocycles. The number of methoxy groups -OCH3 is 1. The molecule has 0 saturated heterocycles. The largest absolute Gasteiger partial charge is 0.459 e. The number of aliphatic hydroxyl groups is 2. The summed E-state index contributed by atoms with van der Waals surface area (Å²) in [5.74, 6) is 1.33. The first kappa shape index (κ1) is 42.1. The van der Waals surface area contributed by atoms with E-state index in [4.69, 9.17) is 38.4 Å². The fourth-order valence-electron chi connectivity index (χ4n) is 9.42. The second-order valence-corrected chi connectivity index (χ2v) is 15.8. The number of unbranched alkanes of at least 4 members (excludes halogenated alkanes) is 2. The molecular weight excluding hydrogens is 753 g/mol. The first-order valence-corrected chi connectivity index (χ1v) is 20.9. The SMILES string of the molecule is C=CCOC12Oc3ccc(Oc4ccc(C)c(C)c4)cc3C3C(CCCCO)C(CCCCO)C=C(C(=NOCC)CC1N(Cc1ccc4c(c1)OCO4)C(=O)OC)C32. The van der Waals surface area contributed by atoms with Crippen LogP contribution in [0.4, 0.5) is 4.79 Å². The molecule has 0 aromatic heterocycles. The van der Waals surface area contributed by atoms with Crippen molar-refractivity contribution >= 4 is 11.8 Å². The Morgan fingerprint density at radius 1 is 0.949 bits per heavy atom. The van der Waals surface area contributed by atoms with Gasteiger partial charge in [-0.1, -0.05) is 42.3 Å². The highest BCUT2D eigenvalue weighted by molar-refractivity contribution is 6.03. The van der Waals surface area contributed by atoms with Crippen molar-refractivity contribution in [3.63, 3.8) is 0 Å². The van der Waals surface area contributed by atoms with Crippen molar-refractivity contribution in [2.75, 3.05) is 40.3 Å². The summed E-state index contributed by atoms with van der Waals surface area (Å²) < 4.78 is 37.8. The van der Waals surface area contributed by atoms with Crippen LogP contribution in [-0.4, -0.2) is 79.1 Å². The number of aliphatic hydroxyl groups excluding tert-OH is 2. The molecule has 7 rings (SSSR count). The Balaban J connectivity index is 1.43. The van der Waals surface area contributed by atoms with Crippen LogP contribution in [0.3, 0.4) is 0 Å². The molecule has 6 unspecified atom stereocenters. The van der Waals surface area contributed by atoms with E-state index < -0.39 is 23.8 Å². The zero-order valence-electron chi connectivity index (χ0n) is 34.7. The predicted molar refractivity (Wildman–Crippen MR) is 223 cm³/mol. The van der Waals surface area contributed by atoms with E-state index in [-0.39, 0.29) is 57.3 Å². The van der Waals surface area contributed by atoms with Gasteiger partial charge in [-0.2, -0.15) is 0 Å². The molecule has 0 bridgehead atoms. The topological polar surface area (TPSA) is 138 Å². The Hall–Kier alpha value is -5.04. The Morgan fingerprint density at radius 3 is 2.44 bits per heavy atom. The molecular formula is C47H58N2O10. The van der Waals surface area contributed by atoms with Gasteiger partial charge in [0.25, 0.3) is 0 Å². The van der Waals surface area contributed by atoms with Gasteiger partial charge in [-0.25, -0.2) is 4.79 Å². The second-order valence-electron chi connectivity index (χ2n) is 15.8. The highest BCUT2D eigenvalue weighted by Crippen LogP contribution is 2.62. The zero-order valence-corrected chi connectivity index (χ0v) is 34.7. The van der Waals surface area contributed by atoms with Crippen LogP contribution >= 0.6 is 0 Å². The Kier molecular flexibility index (Phi) is 13.5. The van der Waals surface area contributed by atoms with E-state index in [9.17, 15) is 15.0 Å². The van der Waals surface area contributed by atoms with E-state index >= 15 is 0 Å². The van der Waals surface area contributed by atoms with Crippen molar-refractivity contribution in [3.05, 3.63) is 101 Å². The van der Waals surface area contributed by atoms with Gasteiger partial charge in [0.15, 0.2) is 11.5 Å². The molecule has 59 heavy (non-hydrogen) atoms. The van der Waals surface area contributed by atoms with E-state index in [1.165, 1.54) is 12.7 Å². The molecule has 1 fully saturated rings. The number of hydrogen-bond acceptors (Lipinski definition) is 11. The molecule has 12 heteroatoms. The Morgan fingerprint density at radius 2 is 1.69 bits per heavy atom. The summed E-state index contributed by atoms with van der Waals surface area (Å²) >= 11 is 0. The number of ether oxygens (including phenoxy) is 6. The first-order chi connectivity index (χ1) is 28.7. The van der Waals surface area contributed by atoms with Crippen LogP contribution in [0, 0.1) is 31.6 Å². The smallest absolute Gasteiger partial charge is 0.410 e. The summed E-state index contributed by atoms with van der Waals surface area (Å²) in [5.41, 5.74) is 5.75. The minimum absolute atomic E-state index is 0.0627. The van der Waals surface area contributed by atoms with Crippen molar-refractivity contribution in [2.24, 2.45) is 22.9 Å². The molecule has 4 aliphatic rings. The second kappa shape index (κ2) is 18.9. The number of allylic oxidation sites excluding steroid dienone is 1. The third kappa shape index (κ3) is 8.67. The molecule has 316 valence electrons. The molecule has 2 aliphatic heterocycles. The van der Waals surface area contributed by atoms with Crippen molar-refractivity contribution in [1.29, 1.82) is 0 Å². The van der Waals surface area contributed by atoms with Crippen LogP contribution in [0.1, 0.15) is 80.0 Å². The number of benzene rings is 3. The van der Waals surface area contributed by atoms with Gasteiger partial charge in [-0.15, -0.1) is 6.58 Å². The average Bonchev–Trinajstić information content (AvgIpc) is 3.72. The summed E-state index contributed by atoms with van der Waals surface area (Å²) in [7, 11) is 1.38. The monoisotopic (exact) mass is 810 g/mol. The van der Waals surface area contributed by atoms with Gasteiger partial charge in [0.1, 0.15) is 29.9 Å². The normalized spacial score (nSPS) is 24.3. The van der Waals surface area contributed by atoms with Gasteiger partial charge in [0.2, 0.25) is 12.6 Å². The minimum Gasteiger partial charge on any atom is -0.459 e. The third-order valence-corrected chi connectivity index (χ3v) is 12.2.